The highest BCUT2D eigenvalue weighted by atomic mass is 16.2. The number of nitrogens with zero attached hydrogens (tertiary/aromatic N) is 2. The molecule has 1 fully saturated rings. The van der Waals surface area contributed by atoms with Crippen molar-refractivity contribution in [2.24, 2.45) is 16.5 Å². The third-order valence-corrected chi connectivity index (χ3v) is 7.81. The van der Waals surface area contributed by atoms with Crippen LogP contribution in [0, 0.1) is 13.8 Å². The number of allylic oxidation sites excluding steroid dienone is 1. The number of amides is 6. The summed E-state index contributed by atoms with van der Waals surface area (Å²) in [6, 6.07) is 7.43. The van der Waals surface area contributed by atoms with Crippen molar-refractivity contribution in [3.63, 3.8) is 0 Å². The number of hydrogen-bond acceptors (Lipinski definition) is 7. The van der Waals surface area contributed by atoms with E-state index in [-0.39, 0.29) is 44.0 Å². The average Bonchev–Trinajstić information content (AvgIpc) is 3.62. The molecule has 0 aliphatic carbocycles. The highest BCUT2D eigenvalue weighted by Crippen LogP contribution is 2.24. The third kappa shape index (κ3) is 17.4. The molecule has 0 spiro atoms. The number of urea groups is 1. The van der Waals surface area contributed by atoms with Crippen molar-refractivity contribution in [1.82, 2.24) is 42.0 Å². The Labute approximate surface area is 313 Å². The number of rotatable bonds is 14. The molecule has 16 nitrogen and oxygen atoms in total. The van der Waals surface area contributed by atoms with Gasteiger partial charge in [-0.1, -0.05) is 68.5 Å². The number of carbonyl (C=O) groups excluding carboxylic acids is 5. The van der Waals surface area contributed by atoms with Crippen molar-refractivity contribution >= 4 is 47.8 Å². The van der Waals surface area contributed by atoms with Gasteiger partial charge in [0, 0.05) is 43.1 Å². The first kappa shape index (κ1) is 45.4. The molecule has 3 rings (SSSR count). The van der Waals surface area contributed by atoms with Crippen LogP contribution in [0.15, 0.2) is 54.2 Å². The maximum absolute atomic E-state index is 13.1. The number of hydrazine groups is 1. The van der Waals surface area contributed by atoms with Crippen molar-refractivity contribution < 1.29 is 24.0 Å². The lowest BCUT2D eigenvalue weighted by Crippen LogP contribution is -2.55. The minimum Gasteiger partial charge on any atom is -0.370 e. The molecule has 1 aromatic carbocycles. The Balaban J connectivity index is 0.000000625. The number of H-pyrrole nitrogens is 1. The Bertz CT molecular complexity index is 1540. The summed E-state index contributed by atoms with van der Waals surface area (Å²) in [5, 5.41) is 10.7. The third-order valence-electron chi connectivity index (χ3n) is 7.81. The predicted octanol–water partition coefficient (Wildman–Crippen LogP) is 1.58. The maximum atomic E-state index is 13.1. The fraction of sp³-hybridized carbons (Fsp3) is 0.459. The number of carbonyl (C=O) groups is 5. The molecule has 53 heavy (non-hydrogen) atoms. The Morgan fingerprint density at radius 2 is 1.75 bits per heavy atom. The molecule has 3 unspecified atom stereocenters. The second-order valence-corrected chi connectivity index (χ2v) is 12.6. The van der Waals surface area contributed by atoms with Crippen LogP contribution in [0.4, 0.5) is 4.79 Å². The first-order valence-electron chi connectivity index (χ1n) is 17.5. The first-order valence-corrected chi connectivity index (χ1v) is 17.5. The number of nitrogens with one attached hydrogen (secondary N) is 7. The van der Waals surface area contributed by atoms with E-state index in [1.54, 1.807) is 6.92 Å². The van der Waals surface area contributed by atoms with Gasteiger partial charge in [-0.2, -0.15) is 0 Å². The van der Waals surface area contributed by atoms with Gasteiger partial charge in [0.2, 0.25) is 17.7 Å². The second-order valence-electron chi connectivity index (χ2n) is 12.6. The van der Waals surface area contributed by atoms with E-state index in [1.165, 1.54) is 28.6 Å². The Hall–Kier alpha value is -5.64. The lowest BCUT2D eigenvalue weighted by Gasteiger charge is -2.31. The van der Waals surface area contributed by atoms with Crippen molar-refractivity contribution in [2.75, 3.05) is 26.7 Å². The molecule has 0 radical (unpaired) electrons. The number of guanidine groups is 1. The van der Waals surface area contributed by atoms with Crippen molar-refractivity contribution in [3.8, 4) is 0 Å². The summed E-state index contributed by atoms with van der Waals surface area (Å²) in [7, 11) is 1.53. The predicted molar refractivity (Wildman–Crippen MR) is 210 cm³/mol. The topological polar surface area (TPSA) is 241 Å². The molecular weight excluding hydrogens is 678 g/mol. The van der Waals surface area contributed by atoms with Crippen molar-refractivity contribution in [2.45, 2.75) is 85.0 Å². The van der Waals surface area contributed by atoms with E-state index in [9.17, 15) is 24.0 Å². The zero-order chi connectivity index (χ0) is 39.9. The van der Waals surface area contributed by atoms with Gasteiger partial charge < -0.3 is 42.6 Å². The van der Waals surface area contributed by atoms with Crippen LogP contribution in [0.2, 0.25) is 0 Å². The fourth-order valence-corrected chi connectivity index (χ4v) is 5.12. The molecule has 292 valence electrons. The number of primary amides is 1. The standard InChI is InChI=1S/C20H38N10O5.C10H13N.C7H8/c1-11(2)25-10-16(32)28-29-20(35)27-13-8-12(3)30(18(13)34)14(17(33)26-9-15(21)31)6-5-7-24-19(22)23-4;1-4-6-9-8(3)7-11-10(9)5-2;1-7-5-3-2-4-6-7/h11-14,25H,5-10H2,1-4H3,(H2,21,31)(H,26,33)(H,28,32)(H3,22,23,24)(H2,27,29,35);4-7,11H,2H2,1,3H3;2-6H,1H3/b;6-4-;. The SMILES string of the molecule is C=Cc1[nH]cc(C)c1/C=C\C.CN=C(N)NCCCC(C(=O)NCC(N)=O)N1C(=O)C(NC(=O)NNC(=O)CNC(C)C)CC1C.Cc1ccccc1. The van der Waals surface area contributed by atoms with Gasteiger partial charge in [0.1, 0.15) is 12.1 Å². The molecule has 0 saturated carbocycles. The van der Waals surface area contributed by atoms with E-state index >= 15 is 0 Å². The molecule has 11 N–H and O–H groups in total. The Morgan fingerprint density at radius 1 is 1.08 bits per heavy atom. The van der Waals surface area contributed by atoms with E-state index in [2.05, 4.69) is 80.7 Å². The molecule has 16 heteroatoms. The largest absolute Gasteiger partial charge is 0.370 e. The summed E-state index contributed by atoms with van der Waals surface area (Å²) in [5.74, 6) is -1.91. The van der Waals surface area contributed by atoms with E-state index in [4.69, 9.17) is 11.5 Å². The van der Waals surface area contributed by atoms with Crippen LogP contribution >= 0.6 is 0 Å². The molecule has 2 aromatic rings. The molecule has 6 amide bonds. The summed E-state index contributed by atoms with van der Waals surface area (Å²) < 4.78 is 0. The van der Waals surface area contributed by atoms with E-state index in [0.29, 0.717) is 13.0 Å². The monoisotopic (exact) mass is 737 g/mol. The molecule has 2 heterocycles. The fourth-order valence-electron chi connectivity index (χ4n) is 5.12. The maximum Gasteiger partial charge on any atom is 0.334 e. The van der Waals surface area contributed by atoms with Crippen LogP contribution in [-0.2, 0) is 19.2 Å². The van der Waals surface area contributed by atoms with Crippen LogP contribution in [0.25, 0.3) is 12.2 Å². The number of likely N-dealkylation sites (tertiary alicyclic amines) is 1. The molecule has 1 saturated heterocycles. The van der Waals surface area contributed by atoms with Gasteiger partial charge >= 0.3 is 6.03 Å². The molecule has 1 aliphatic rings. The molecule has 3 atom stereocenters. The van der Waals surface area contributed by atoms with Gasteiger partial charge in [-0.3, -0.25) is 29.6 Å². The summed E-state index contributed by atoms with van der Waals surface area (Å²) in [6.07, 6.45) is 8.93. The van der Waals surface area contributed by atoms with Crippen LogP contribution < -0.4 is 43.6 Å². The highest BCUT2D eigenvalue weighted by molar-refractivity contribution is 5.95. The van der Waals surface area contributed by atoms with E-state index < -0.39 is 41.7 Å². The lowest BCUT2D eigenvalue weighted by molar-refractivity contribution is -0.140. The van der Waals surface area contributed by atoms with Crippen molar-refractivity contribution in [1.29, 1.82) is 0 Å². The zero-order valence-electron chi connectivity index (χ0n) is 32.0. The molecular formula is C37H59N11O5. The van der Waals surface area contributed by atoms with E-state index in [1.807, 2.05) is 57.3 Å². The van der Waals surface area contributed by atoms with Gasteiger partial charge in [-0.25, -0.2) is 10.2 Å². The summed E-state index contributed by atoms with van der Waals surface area (Å²) >= 11 is 0. The zero-order valence-corrected chi connectivity index (χ0v) is 32.0. The van der Waals surface area contributed by atoms with Gasteiger partial charge in [0.25, 0.3) is 5.91 Å². The summed E-state index contributed by atoms with van der Waals surface area (Å²) in [5.41, 5.74) is 20.1. The Morgan fingerprint density at radius 3 is 2.30 bits per heavy atom. The summed E-state index contributed by atoms with van der Waals surface area (Å²) in [4.78, 5) is 69.2. The van der Waals surface area contributed by atoms with Gasteiger partial charge in [-0.05, 0) is 58.6 Å². The highest BCUT2D eigenvalue weighted by Gasteiger charge is 2.43. The van der Waals surface area contributed by atoms with E-state index in [0.717, 1.165) is 5.69 Å². The molecule has 1 aliphatic heterocycles. The van der Waals surface area contributed by atoms with Crippen LogP contribution in [-0.4, -0.2) is 96.4 Å². The number of aliphatic imine (C=N–C) groups is 1. The van der Waals surface area contributed by atoms with Crippen LogP contribution in [0.3, 0.4) is 0 Å². The van der Waals surface area contributed by atoms with Crippen molar-refractivity contribution in [3.05, 3.63) is 71.6 Å². The number of aromatic nitrogens is 1. The minimum atomic E-state index is -0.900. The number of aryl methyl sites for hydroxylation is 2. The van der Waals surface area contributed by atoms with Crippen LogP contribution in [0.5, 0.6) is 0 Å². The number of hydrogen-bond donors (Lipinski definition) is 9. The normalized spacial score (nSPS) is 15.7. The molecule has 1 aromatic heterocycles. The summed E-state index contributed by atoms with van der Waals surface area (Å²) in [6.45, 7) is 15.5. The quantitative estimate of drug-likeness (QED) is 0.0596. The number of aromatic amines is 1. The van der Waals surface area contributed by atoms with Crippen LogP contribution in [0.1, 0.15) is 69.3 Å². The lowest BCUT2D eigenvalue weighted by atomic mass is 10.1. The number of nitrogens with two attached hydrogens (primary N) is 2. The minimum absolute atomic E-state index is 0.0117. The number of benzene rings is 1. The smallest absolute Gasteiger partial charge is 0.334 e. The first-order chi connectivity index (χ1) is 25.1. The molecule has 0 bridgehead atoms. The Kier molecular flexibility index (Phi) is 21.0. The van der Waals surface area contributed by atoms with Gasteiger partial charge in [0.05, 0.1) is 13.1 Å². The average molecular weight is 738 g/mol. The second kappa shape index (κ2) is 24.5. The van der Waals surface area contributed by atoms with Gasteiger partial charge in [-0.15, -0.1) is 0 Å². The van der Waals surface area contributed by atoms with Gasteiger partial charge in [0.15, 0.2) is 5.96 Å².